The molecule has 2 aliphatic rings. The lowest BCUT2D eigenvalue weighted by Gasteiger charge is -2.29. The Bertz CT molecular complexity index is 838. The second kappa shape index (κ2) is 7.47. The van der Waals surface area contributed by atoms with Crippen LogP contribution in [0.2, 0.25) is 0 Å². The minimum atomic E-state index is -0.403. The topological polar surface area (TPSA) is 49.4 Å². The van der Waals surface area contributed by atoms with Gasteiger partial charge in [0.2, 0.25) is 11.8 Å². The molecular weight excluding hydrogens is 356 g/mol. The summed E-state index contributed by atoms with van der Waals surface area (Å²) in [4.78, 5) is 28.7. The number of hydrogen-bond donors (Lipinski definition) is 1. The summed E-state index contributed by atoms with van der Waals surface area (Å²) in [6, 6.07) is 10.0. The maximum Gasteiger partial charge on any atom is 0.235 e. The maximum absolute atomic E-state index is 13.3. The van der Waals surface area contributed by atoms with Crippen molar-refractivity contribution in [3.63, 3.8) is 0 Å². The Labute approximate surface area is 164 Å². The Morgan fingerprint density at radius 1 is 1.15 bits per heavy atom. The Morgan fingerprint density at radius 2 is 1.96 bits per heavy atom. The molecule has 0 atom stereocenters. The highest BCUT2D eigenvalue weighted by atomic mass is 32.1. The standard InChI is InChI=1S/C22H26N2O2S/c1-16-9-10-17(15-18(16)24-13-5-2-8-20(24)25)23-21(26)22(11-3-4-12-22)19-7-6-14-27-19/h6-7,9-10,14-15H,2-5,8,11-13H2,1H3,(H,23,26). The van der Waals surface area contributed by atoms with Gasteiger partial charge in [0.05, 0.1) is 5.41 Å². The third kappa shape index (κ3) is 3.41. The number of piperidine rings is 1. The van der Waals surface area contributed by atoms with Crippen LogP contribution >= 0.6 is 11.3 Å². The minimum absolute atomic E-state index is 0.0854. The summed E-state index contributed by atoms with van der Waals surface area (Å²) < 4.78 is 0. The van der Waals surface area contributed by atoms with Crippen molar-refractivity contribution in [3.05, 3.63) is 46.2 Å². The summed E-state index contributed by atoms with van der Waals surface area (Å²) in [5.41, 5.74) is 2.37. The number of carbonyl (C=O) groups excluding carboxylic acids is 2. The zero-order valence-electron chi connectivity index (χ0n) is 15.8. The zero-order chi connectivity index (χ0) is 18.9. The highest BCUT2D eigenvalue weighted by molar-refractivity contribution is 7.10. The Hall–Kier alpha value is -2.14. The molecule has 0 bridgehead atoms. The molecule has 0 spiro atoms. The molecule has 142 valence electrons. The number of aryl methyl sites for hydroxylation is 1. The summed E-state index contributed by atoms with van der Waals surface area (Å²) >= 11 is 1.67. The van der Waals surface area contributed by atoms with Crippen LogP contribution in [0.1, 0.15) is 55.4 Å². The van der Waals surface area contributed by atoms with Crippen molar-refractivity contribution in [2.24, 2.45) is 0 Å². The molecule has 5 heteroatoms. The van der Waals surface area contributed by atoms with Crippen LogP contribution in [-0.2, 0) is 15.0 Å². The summed E-state index contributed by atoms with van der Waals surface area (Å²) in [5, 5.41) is 5.21. The van der Waals surface area contributed by atoms with Crippen LogP contribution in [0.15, 0.2) is 35.7 Å². The van der Waals surface area contributed by atoms with Crippen molar-refractivity contribution in [1.82, 2.24) is 0 Å². The molecule has 1 aliphatic heterocycles. The third-order valence-corrected chi connectivity index (χ3v) is 7.04. The molecule has 2 heterocycles. The van der Waals surface area contributed by atoms with Gasteiger partial charge >= 0.3 is 0 Å². The second-order valence-electron chi connectivity index (χ2n) is 7.72. The van der Waals surface area contributed by atoms with Crippen LogP contribution < -0.4 is 10.2 Å². The van der Waals surface area contributed by atoms with E-state index in [0.29, 0.717) is 6.42 Å². The van der Waals surface area contributed by atoms with Crippen LogP contribution in [-0.4, -0.2) is 18.4 Å². The Morgan fingerprint density at radius 3 is 2.67 bits per heavy atom. The van der Waals surface area contributed by atoms with Gasteiger partial charge in [0.15, 0.2) is 0 Å². The van der Waals surface area contributed by atoms with Crippen LogP contribution in [0.3, 0.4) is 0 Å². The van der Waals surface area contributed by atoms with Crippen LogP contribution in [0.25, 0.3) is 0 Å². The number of hydrogen-bond acceptors (Lipinski definition) is 3. The van der Waals surface area contributed by atoms with Crippen molar-refractivity contribution in [3.8, 4) is 0 Å². The zero-order valence-corrected chi connectivity index (χ0v) is 16.6. The van der Waals surface area contributed by atoms with Crippen molar-refractivity contribution in [1.29, 1.82) is 0 Å². The van der Waals surface area contributed by atoms with Gasteiger partial charge in [-0.2, -0.15) is 0 Å². The number of amides is 2. The predicted molar refractivity (Wildman–Crippen MR) is 110 cm³/mol. The van der Waals surface area contributed by atoms with Crippen LogP contribution in [0.5, 0.6) is 0 Å². The molecule has 2 amide bonds. The highest BCUT2D eigenvalue weighted by Crippen LogP contribution is 2.44. The molecule has 1 N–H and O–H groups in total. The summed E-state index contributed by atoms with van der Waals surface area (Å²) in [6.45, 7) is 2.78. The first-order valence-electron chi connectivity index (χ1n) is 9.87. The second-order valence-corrected chi connectivity index (χ2v) is 8.67. The van der Waals surface area contributed by atoms with E-state index in [4.69, 9.17) is 0 Å². The maximum atomic E-state index is 13.3. The fraction of sp³-hybridized carbons (Fsp3) is 0.455. The fourth-order valence-electron chi connectivity index (χ4n) is 4.40. The summed E-state index contributed by atoms with van der Waals surface area (Å²) in [6.07, 6.45) is 6.60. The fourth-order valence-corrected chi connectivity index (χ4v) is 5.39. The average Bonchev–Trinajstić information content (AvgIpc) is 3.36. The molecule has 0 unspecified atom stereocenters. The first-order chi connectivity index (χ1) is 13.1. The van der Waals surface area contributed by atoms with Crippen molar-refractivity contribution >= 4 is 34.5 Å². The van der Waals surface area contributed by atoms with Crippen LogP contribution in [0, 0.1) is 6.92 Å². The minimum Gasteiger partial charge on any atom is -0.325 e. The number of carbonyl (C=O) groups is 2. The van der Waals surface area contributed by atoms with E-state index >= 15 is 0 Å². The van der Waals surface area contributed by atoms with E-state index in [1.54, 1.807) is 11.3 Å². The number of nitrogens with one attached hydrogen (secondary N) is 1. The molecule has 27 heavy (non-hydrogen) atoms. The lowest BCUT2D eigenvalue weighted by Crippen LogP contribution is -2.37. The molecule has 0 radical (unpaired) electrons. The Kier molecular flexibility index (Phi) is 5.04. The molecule has 4 rings (SSSR count). The number of rotatable bonds is 4. The highest BCUT2D eigenvalue weighted by Gasteiger charge is 2.43. The Balaban J connectivity index is 1.60. The van der Waals surface area contributed by atoms with E-state index < -0.39 is 5.41 Å². The first-order valence-corrected chi connectivity index (χ1v) is 10.7. The van der Waals surface area contributed by atoms with Gasteiger partial charge in [0, 0.05) is 29.2 Å². The summed E-state index contributed by atoms with van der Waals surface area (Å²) in [7, 11) is 0. The van der Waals surface area contributed by atoms with E-state index in [9.17, 15) is 9.59 Å². The third-order valence-electron chi connectivity index (χ3n) is 5.97. The smallest absolute Gasteiger partial charge is 0.235 e. The first kappa shape index (κ1) is 18.2. The van der Waals surface area contributed by atoms with E-state index in [0.717, 1.165) is 66.9 Å². The van der Waals surface area contributed by atoms with E-state index in [-0.39, 0.29) is 11.8 Å². The normalized spacial score (nSPS) is 19.3. The van der Waals surface area contributed by atoms with E-state index in [1.165, 1.54) is 0 Å². The quantitative estimate of drug-likeness (QED) is 0.807. The molecule has 4 nitrogen and oxygen atoms in total. The van der Waals surface area contributed by atoms with Gasteiger partial charge in [-0.25, -0.2) is 0 Å². The molecule has 1 saturated carbocycles. The average molecular weight is 383 g/mol. The van der Waals surface area contributed by atoms with Gasteiger partial charge in [-0.1, -0.05) is 25.0 Å². The molecule has 2 fully saturated rings. The SMILES string of the molecule is Cc1ccc(NC(=O)C2(c3cccs3)CCCC2)cc1N1CCCCC1=O. The van der Waals surface area contributed by atoms with Gasteiger partial charge in [0.1, 0.15) is 0 Å². The van der Waals surface area contributed by atoms with Gasteiger partial charge in [-0.05, 0) is 61.7 Å². The number of anilines is 2. The van der Waals surface area contributed by atoms with Gasteiger partial charge in [-0.3, -0.25) is 9.59 Å². The van der Waals surface area contributed by atoms with Crippen molar-refractivity contribution in [2.75, 3.05) is 16.8 Å². The van der Waals surface area contributed by atoms with E-state index in [2.05, 4.69) is 16.8 Å². The number of nitrogens with zero attached hydrogens (tertiary/aromatic N) is 1. The molecule has 2 aromatic rings. The lowest BCUT2D eigenvalue weighted by atomic mass is 9.83. The molecule has 1 saturated heterocycles. The predicted octanol–water partition coefficient (Wildman–Crippen LogP) is 5.02. The molecule has 1 aliphatic carbocycles. The van der Waals surface area contributed by atoms with E-state index in [1.807, 2.05) is 36.1 Å². The lowest BCUT2D eigenvalue weighted by molar-refractivity contribution is -0.121. The van der Waals surface area contributed by atoms with Gasteiger partial charge in [-0.15, -0.1) is 11.3 Å². The largest absolute Gasteiger partial charge is 0.325 e. The molecule has 1 aromatic carbocycles. The molecular formula is C22H26N2O2S. The van der Waals surface area contributed by atoms with Crippen LogP contribution in [0.4, 0.5) is 11.4 Å². The molecule has 1 aromatic heterocycles. The van der Waals surface area contributed by atoms with Crippen molar-refractivity contribution < 1.29 is 9.59 Å². The summed E-state index contributed by atoms with van der Waals surface area (Å²) in [5.74, 6) is 0.265. The van der Waals surface area contributed by atoms with Gasteiger partial charge in [0.25, 0.3) is 0 Å². The number of thiophene rings is 1. The van der Waals surface area contributed by atoms with Crippen molar-refractivity contribution in [2.45, 2.75) is 57.3 Å². The number of benzene rings is 1. The monoisotopic (exact) mass is 382 g/mol. The van der Waals surface area contributed by atoms with Gasteiger partial charge < -0.3 is 10.2 Å².